The summed E-state index contributed by atoms with van der Waals surface area (Å²) in [5.41, 5.74) is 0.466. The number of halogens is 1. The third-order valence-electron chi connectivity index (χ3n) is 4.50. The summed E-state index contributed by atoms with van der Waals surface area (Å²) in [4.78, 5) is 26.5. The Kier molecular flexibility index (Phi) is 6.57. The molecule has 0 radical (unpaired) electrons. The molecule has 1 aliphatic heterocycles. The van der Waals surface area contributed by atoms with E-state index >= 15 is 0 Å². The van der Waals surface area contributed by atoms with E-state index < -0.39 is 0 Å². The van der Waals surface area contributed by atoms with Gasteiger partial charge in [0.25, 0.3) is 0 Å². The van der Waals surface area contributed by atoms with E-state index in [0.29, 0.717) is 36.0 Å². The summed E-state index contributed by atoms with van der Waals surface area (Å²) in [7, 11) is 3.22. The summed E-state index contributed by atoms with van der Waals surface area (Å²) in [5, 5.41) is 0. The number of likely N-dealkylation sites (N-methyl/N-ethyl adjacent to an activating group) is 1. The van der Waals surface area contributed by atoms with Crippen LogP contribution in [0.15, 0.2) is 46.9 Å². The average molecular weight is 448 g/mol. The lowest BCUT2D eigenvalue weighted by Gasteiger charge is -2.29. The summed E-state index contributed by atoms with van der Waals surface area (Å²) in [6.45, 7) is 0.768. The van der Waals surface area contributed by atoms with E-state index in [1.165, 1.54) is 7.11 Å². The maximum absolute atomic E-state index is 12.5. The highest BCUT2D eigenvalue weighted by Gasteiger charge is 2.24. The van der Waals surface area contributed by atoms with Crippen LogP contribution in [0.25, 0.3) is 0 Å². The number of nitrogens with zero attached hydrogens (tertiary/aromatic N) is 1. The predicted octanol–water partition coefficient (Wildman–Crippen LogP) is 3.72. The van der Waals surface area contributed by atoms with Gasteiger partial charge in [0.15, 0.2) is 23.4 Å². The molecule has 7 heteroatoms. The number of hydrogen-bond acceptors (Lipinski definition) is 5. The number of ketones is 1. The van der Waals surface area contributed by atoms with Crippen molar-refractivity contribution in [3.8, 4) is 17.2 Å². The lowest BCUT2D eigenvalue weighted by Crippen LogP contribution is -2.41. The number of amides is 1. The largest absolute Gasteiger partial charge is 0.496 e. The van der Waals surface area contributed by atoms with E-state index in [1.54, 1.807) is 30.1 Å². The third-order valence-corrected chi connectivity index (χ3v) is 4.99. The molecule has 0 aromatic heterocycles. The van der Waals surface area contributed by atoms with Crippen molar-refractivity contribution in [2.45, 2.75) is 18.9 Å². The van der Waals surface area contributed by atoms with E-state index in [9.17, 15) is 9.59 Å². The number of carbonyl (C=O) groups is 2. The number of para-hydroxylation sites is 2. The molecule has 1 heterocycles. The van der Waals surface area contributed by atoms with Crippen LogP contribution in [0.2, 0.25) is 0 Å². The Bertz CT molecular complexity index is 870. The van der Waals surface area contributed by atoms with E-state index in [-0.39, 0.29) is 30.6 Å². The molecule has 2 aromatic carbocycles. The molecule has 1 amide bonds. The van der Waals surface area contributed by atoms with Crippen LogP contribution in [0.4, 0.5) is 0 Å². The second kappa shape index (κ2) is 9.10. The minimum Gasteiger partial charge on any atom is -0.496 e. The topological polar surface area (TPSA) is 65.1 Å². The smallest absolute Gasteiger partial charge is 0.222 e. The summed E-state index contributed by atoms with van der Waals surface area (Å²) < 4.78 is 17.6. The molecule has 148 valence electrons. The van der Waals surface area contributed by atoms with Crippen molar-refractivity contribution >= 4 is 27.6 Å². The summed E-state index contributed by atoms with van der Waals surface area (Å²) >= 11 is 3.36. The van der Waals surface area contributed by atoms with Crippen LogP contribution in [0.1, 0.15) is 23.2 Å². The molecule has 6 nitrogen and oxygen atoms in total. The van der Waals surface area contributed by atoms with E-state index in [2.05, 4.69) is 15.9 Å². The number of fused-ring (bicyclic) bond motifs is 1. The van der Waals surface area contributed by atoms with Gasteiger partial charge in [-0.15, -0.1) is 0 Å². The van der Waals surface area contributed by atoms with Gasteiger partial charge >= 0.3 is 0 Å². The van der Waals surface area contributed by atoms with Gasteiger partial charge in [0.2, 0.25) is 5.91 Å². The highest BCUT2D eigenvalue weighted by molar-refractivity contribution is 9.10. The maximum Gasteiger partial charge on any atom is 0.222 e. The molecule has 28 heavy (non-hydrogen) atoms. The molecule has 0 saturated heterocycles. The number of methoxy groups -OCH3 is 1. The molecule has 1 aliphatic rings. The van der Waals surface area contributed by atoms with Gasteiger partial charge in [-0.3, -0.25) is 9.59 Å². The standard InChI is InChI=1S/C21H22BrNO5/c1-23(12-15-13-27-19-5-3-4-6-20(19)28-15)21(25)10-8-17(24)16-11-14(22)7-9-18(16)26-2/h3-7,9,11,15H,8,10,12-13H2,1-2H3/t15-/m0/s1. The Hall–Kier alpha value is -2.54. The molecule has 0 unspecified atom stereocenters. The lowest BCUT2D eigenvalue weighted by atomic mass is 10.1. The minimum atomic E-state index is -0.246. The molecule has 0 spiro atoms. The molecule has 0 bridgehead atoms. The second-order valence-corrected chi connectivity index (χ2v) is 7.46. The van der Waals surface area contributed by atoms with E-state index in [0.717, 1.165) is 4.47 Å². The second-order valence-electron chi connectivity index (χ2n) is 6.54. The highest BCUT2D eigenvalue weighted by atomic mass is 79.9. The van der Waals surface area contributed by atoms with Crippen molar-refractivity contribution in [1.29, 1.82) is 0 Å². The molecule has 2 aromatic rings. The van der Waals surface area contributed by atoms with Crippen molar-refractivity contribution < 1.29 is 23.8 Å². The van der Waals surface area contributed by atoms with Crippen molar-refractivity contribution in [1.82, 2.24) is 4.90 Å². The van der Waals surface area contributed by atoms with E-state index in [1.807, 2.05) is 24.3 Å². The first-order valence-corrected chi connectivity index (χ1v) is 9.76. The molecule has 0 aliphatic carbocycles. The fraction of sp³-hybridized carbons (Fsp3) is 0.333. The van der Waals surface area contributed by atoms with Crippen LogP contribution in [-0.4, -0.2) is 50.0 Å². The summed E-state index contributed by atoms with van der Waals surface area (Å²) in [6.07, 6.45) is -0.0135. The molecule has 0 N–H and O–H groups in total. The van der Waals surface area contributed by atoms with Crippen LogP contribution >= 0.6 is 15.9 Å². The summed E-state index contributed by atoms with van der Waals surface area (Å²) in [6, 6.07) is 12.7. The van der Waals surface area contributed by atoms with Crippen LogP contribution in [0, 0.1) is 0 Å². The quantitative estimate of drug-likeness (QED) is 0.605. The summed E-state index contributed by atoms with van der Waals surface area (Å²) in [5.74, 6) is 1.63. The Morgan fingerprint density at radius 3 is 2.68 bits per heavy atom. The first kappa shape index (κ1) is 20.2. The Morgan fingerprint density at radius 2 is 1.93 bits per heavy atom. The number of ether oxygens (including phenoxy) is 3. The first-order chi connectivity index (χ1) is 13.5. The van der Waals surface area contributed by atoms with Crippen LogP contribution in [0.5, 0.6) is 17.2 Å². The molecule has 0 fully saturated rings. The SMILES string of the molecule is COc1ccc(Br)cc1C(=O)CCC(=O)N(C)C[C@H]1COc2ccccc2O1. The van der Waals surface area contributed by atoms with Gasteiger partial charge in [0, 0.05) is 24.4 Å². The highest BCUT2D eigenvalue weighted by Crippen LogP contribution is 2.31. The number of rotatable bonds is 7. The predicted molar refractivity (Wildman–Crippen MR) is 108 cm³/mol. The first-order valence-electron chi connectivity index (χ1n) is 8.97. The maximum atomic E-state index is 12.5. The molecular weight excluding hydrogens is 426 g/mol. The van der Waals surface area contributed by atoms with Gasteiger partial charge in [0.1, 0.15) is 12.4 Å². The Balaban J connectivity index is 1.52. The minimum absolute atomic E-state index is 0.112. The monoisotopic (exact) mass is 447 g/mol. The molecule has 3 rings (SSSR count). The van der Waals surface area contributed by atoms with Gasteiger partial charge in [-0.25, -0.2) is 0 Å². The molecule has 0 saturated carbocycles. The van der Waals surface area contributed by atoms with E-state index in [4.69, 9.17) is 14.2 Å². The van der Waals surface area contributed by atoms with Crippen molar-refractivity contribution in [2.24, 2.45) is 0 Å². The van der Waals surface area contributed by atoms with Gasteiger partial charge < -0.3 is 19.1 Å². The van der Waals surface area contributed by atoms with Crippen molar-refractivity contribution in [3.05, 3.63) is 52.5 Å². The van der Waals surface area contributed by atoms with Gasteiger partial charge in [-0.05, 0) is 30.3 Å². The van der Waals surface area contributed by atoms with Crippen molar-refractivity contribution in [2.75, 3.05) is 27.3 Å². The zero-order chi connectivity index (χ0) is 20.1. The fourth-order valence-corrected chi connectivity index (χ4v) is 3.37. The molecule has 1 atom stereocenters. The zero-order valence-electron chi connectivity index (χ0n) is 15.8. The fourth-order valence-electron chi connectivity index (χ4n) is 3.00. The van der Waals surface area contributed by atoms with Crippen molar-refractivity contribution in [3.63, 3.8) is 0 Å². The van der Waals surface area contributed by atoms with Crippen LogP contribution in [0.3, 0.4) is 0 Å². The van der Waals surface area contributed by atoms with Crippen LogP contribution < -0.4 is 14.2 Å². The Labute approximate surface area is 172 Å². The van der Waals surface area contributed by atoms with Gasteiger partial charge in [-0.2, -0.15) is 0 Å². The third kappa shape index (κ3) is 4.84. The average Bonchev–Trinajstić information content (AvgIpc) is 2.71. The number of hydrogen-bond donors (Lipinski definition) is 0. The van der Waals surface area contributed by atoms with Crippen LogP contribution in [-0.2, 0) is 4.79 Å². The normalized spacial score (nSPS) is 15.0. The van der Waals surface area contributed by atoms with Gasteiger partial charge in [0.05, 0.1) is 19.2 Å². The number of carbonyl (C=O) groups excluding carboxylic acids is 2. The number of benzene rings is 2. The Morgan fingerprint density at radius 1 is 1.18 bits per heavy atom. The lowest BCUT2D eigenvalue weighted by molar-refractivity contribution is -0.131. The van der Waals surface area contributed by atoms with Gasteiger partial charge in [-0.1, -0.05) is 28.1 Å². The number of Topliss-reactive ketones (excluding diaryl/α,β-unsaturated/α-hetero) is 1. The zero-order valence-corrected chi connectivity index (χ0v) is 17.4. The molecular formula is C21H22BrNO5.